The summed E-state index contributed by atoms with van der Waals surface area (Å²) in [6.07, 6.45) is -2.34. The molecule has 0 aliphatic carbocycles. The molecular formula is C24H25F3N4O2. The van der Waals surface area contributed by atoms with E-state index in [0.29, 0.717) is 12.1 Å². The SMILES string of the molecule is CCOC(=O)c1cnc(-c2ccc(C(F)(F)F)cc2)nc1NCCCN(C)c1ccccc1. The smallest absolute Gasteiger partial charge is 0.416 e. The Hall–Kier alpha value is -3.62. The van der Waals surface area contributed by atoms with E-state index in [9.17, 15) is 18.0 Å². The van der Waals surface area contributed by atoms with Crippen LogP contribution in [-0.2, 0) is 10.9 Å². The van der Waals surface area contributed by atoms with Crippen LogP contribution >= 0.6 is 0 Å². The fraction of sp³-hybridized carbons (Fsp3) is 0.292. The number of hydrogen-bond donors (Lipinski definition) is 1. The Kier molecular flexibility index (Phi) is 7.87. The van der Waals surface area contributed by atoms with Gasteiger partial charge in [-0.25, -0.2) is 14.8 Å². The number of rotatable bonds is 9. The molecule has 0 bridgehead atoms. The number of aromatic nitrogens is 2. The maximum atomic E-state index is 12.8. The zero-order valence-corrected chi connectivity index (χ0v) is 18.4. The summed E-state index contributed by atoms with van der Waals surface area (Å²) in [5, 5.41) is 3.15. The molecule has 3 rings (SSSR count). The van der Waals surface area contributed by atoms with Gasteiger partial charge in [-0.3, -0.25) is 0 Å². The van der Waals surface area contributed by atoms with Gasteiger partial charge in [0.25, 0.3) is 0 Å². The first-order chi connectivity index (χ1) is 15.8. The van der Waals surface area contributed by atoms with Crippen LogP contribution in [0.25, 0.3) is 11.4 Å². The molecule has 0 saturated heterocycles. The maximum absolute atomic E-state index is 12.8. The van der Waals surface area contributed by atoms with E-state index in [1.54, 1.807) is 6.92 Å². The molecule has 0 atom stereocenters. The molecule has 3 aromatic rings. The average molecular weight is 458 g/mol. The molecule has 0 amide bonds. The van der Waals surface area contributed by atoms with E-state index in [0.717, 1.165) is 30.8 Å². The van der Waals surface area contributed by atoms with Gasteiger partial charge in [0.2, 0.25) is 0 Å². The van der Waals surface area contributed by atoms with Gasteiger partial charge < -0.3 is 15.0 Å². The predicted molar refractivity (Wildman–Crippen MR) is 121 cm³/mol. The molecule has 0 unspecified atom stereocenters. The third kappa shape index (κ3) is 6.44. The first-order valence-electron chi connectivity index (χ1n) is 10.5. The summed E-state index contributed by atoms with van der Waals surface area (Å²) in [5.74, 6) is -0.0817. The highest BCUT2D eigenvalue weighted by molar-refractivity contribution is 5.94. The molecule has 6 nitrogen and oxygen atoms in total. The zero-order chi connectivity index (χ0) is 23.8. The van der Waals surface area contributed by atoms with E-state index in [4.69, 9.17) is 4.74 Å². The largest absolute Gasteiger partial charge is 0.462 e. The number of esters is 1. The maximum Gasteiger partial charge on any atom is 0.416 e. The number of para-hydroxylation sites is 1. The summed E-state index contributed by atoms with van der Waals surface area (Å²) in [4.78, 5) is 23.0. The Balaban J connectivity index is 1.74. The summed E-state index contributed by atoms with van der Waals surface area (Å²) < 4.78 is 43.6. The van der Waals surface area contributed by atoms with E-state index >= 15 is 0 Å². The second-order valence-electron chi connectivity index (χ2n) is 7.29. The highest BCUT2D eigenvalue weighted by atomic mass is 19.4. The topological polar surface area (TPSA) is 67.3 Å². The number of carbonyl (C=O) groups excluding carboxylic acids is 1. The minimum absolute atomic E-state index is 0.170. The van der Waals surface area contributed by atoms with E-state index in [2.05, 4.69) is 20.2 Å². The fourth-order valence-electron chi connectivity index (χ4n) is 3.16. The Morgan fingerprint density at radius 2 is 1.79 bits per heavy atom. The molecule has 174 valence electrons. The molecule has 1 aromatic heterocycles. The van der Waals surface area contributed by atoms with E-state index < -0.39 is 17.7 Å². The molecule has 0 radical (unpaired) electrons. The number of benzene rings is 2. The van der Waals surface area contributed by atoms with Crippen LogP contribution in [0.5, 0.6) is 0 Å². The van der Waals surface area contributed by atoms with Crippen LogP contribution in [0.3, 0.4) is 0 Å². The lowest BCUT2D eigenvalue weighted by molar-refractivity contribution is -0.137. The van der Waals surface area contributed by atoms with Gasteiger partial charge in [0.05, 0.1) is 12.2 Å². The standard InChI is InChI=1S/C24H25F3N4O2/c1-3-33-23(32)20-16-29-21(17-10-12-18(13-11-17)24(25,26)27)30-22(20)28-14-7-15-31(2)19-8-5-4-6-9-19/h4-6,8-13,16H,3,7,14-15H2,1-2H3,(H,28,29,30). The number of hydrogen-bond acceptors (Lipinski definition) is 6. The first-order valence-corrected chi connectivity index (χ1v) is 10.5. The minimum atomic E-state index is -4.42. The molecule has 0 spiro atoms. The Bertz CT molecular complexity index is 1060. The van der Waals surface area contributed by atoms with Gasteiger partial charge in [0.15, 0.2) is 5.82 Å². The molecule has 2 aromatic carbocycles. The van der Waals surface area contributed by atoms with Crippen LogP contribution in [0.4, 0.5) is 24.7 Å². The number of alkyl halides is 3. The molecular weight excluding hydrogens is 433 g/mol. The molecule has 0 fully saturated rings. The third-order valence-corrected chi connectivity index (χ3v) is 4.91. The van der Waals surface area contributed by atoms with Crippen LogP contribution < -0.4 is 10.2 Å². The van der Waals surface area contributed by atoms with Crippen LogP contribution in [0.2, 0.25) is 0 Å². The van der Waals surface area contributed by atoms with Crippen molar-refractivity contribution in [1.29, 1.82) is 0 Å². The minimum Gasteiger partial charge on any atom is -0.462 e. The van der Waals surface area contributed by atoms with Gasteiger partial charge in [0.1, 0.15) is 11.4 Å². The number of nitrogens with one attached hydrogen (secondary N) is 1. The average Bonchev–Trinajstić information content (AvgIpc) is 2.82. The molecule has 0 aliphatic rings. The summed E-state index contributed by atoms with van der Waals surface area (Å²) in [5.41, 5.74) is 0.917. The molecule has 0 aliphatic heterocycles. The highest BCUT2D eigenvalue weighted by Gasteiger charge is 2.30. The lowest BCUT2D eigenvalue weighted by Crippen LogP contribution is -2.21. The molecule has 1 heterocycles. The van der Waals surface area contributed by atoms with Gasteiger partial charge in [-0.1, -0.05) is 30.3 Å². The van der Waals surface area contributed by atoms with Crippen LogP contribution in [0, 0.1) is 0 Å². The lowest BCUT2D eigenvalue weighted by atomic mass is 10.1. The van der Waals surface area contributed by atoms with E-state index in [1.165, 1.54) is 18.3 Å². The van der Waals surface area contributed by atoms with Crippen molar-refractivity contribution >= 4 is 17.5 Å². The van der Waals surface area contributed by atoms with Crippen molar-refractivity contribution in [3.8, 4) is 11.4 Å². The quantitative estimate of drug-likeness (QED) is 0.348. The van der Waals surface area contributed by atoms with Crippen molar-refractivity contribution in [2.45, 2.75) is 19.5 Å². The molecule has 33 heavy (non-hydrogen) atoms. The van der Waals surface area contributed by atoms with Crippen molar-refractivity contribution < 1.29 is 22.7 Å². The number of ether oxygens (including phenoxy) is 1. The first kappa shape index (κ1) is 24.0. The number of halogens is 3. The Morgan fingerprint density at radius 3 is 2.42 bits per heavy atom. The second kappa shape index (κ2) is 10.8. The Morgan fingerprint density at radius 1 is 1.09 bits per heavy atom. The molecule has 0 saturated carbocycles. The van der Waals surface area contributed by atoms with Crippen molar-refractivity contribution in [2.75, 3.05) is 37.0 Å². The second-order valence-corrected chi connectivity index (χ2v) is 7.29. The van der Waals surface area contributed by atoms with Crippen molar-refractivity contribution in [1.82, 2.24) is 9.97 Å². The van der Waals surface area contributed by atoms with Gasteiger partial charge >= 0.3 is 12.1 Å². The normalized spacial score (nSPS) is 11.2. The number of anilines is 2. The molecule has 1 N–H and O–H groups in total. The van der Waals surface area contributed by atoms with Crippen LogP contribution in [0.1, 0.15) is 29.3 Å². The summed E-state index contributed by atoms with van der Waals surface area (Å²) >= 11 is 0. The highest BCUT2D eigenvalue weighted by Crippen LogP contribution is 2.30. The van der Waals surface area contributed by atoms with Gasteiger partial charge in [-0.15, -0.1) is 0 Å². The van der Waals surface area contributed by atoms with Crippen LogP contribution in [-0.4, -0.2) is 42.7 Å². The van der Waals surface area contributed by atoms with Crippen molar-refractivity contribution in [3.05, 3.63) is 71.9 Å². The van der Waals surface area contributed by atoms with Gasteiger partial charge in [-0.05, 0) is 37.6 Å². The van der Waals surface area contributed by atoms with E-state index in [1.807, 2.05) is 37.4 Å². The number of nitrogens with zero attached hydrogens (tertiary/aromatic N) is 3. The monoisotopic (exact) mass is 458 g/mol. The number of carbonyl (C=O) groups is 1. The fourth-order valence-corrected chi connectivity index (χ4v) is 3.16. The third-order valence-electron chi connectivity index (χ3n) is 4.91. The summed E-state index contributed by atoms with van der Waals surface area (Å²) in [6, 6.07) is 14.5. The molecule has 9 heteroatoms. The van der Waals surface area contributed by atoms with Crippen LogP contribution in [0.15, 0.2) is 60.8 Å². The van der Waals surface area contributed by atoms with Gasteiger partial charge in [-0.2, -0.15) is 13.2 Å². The van der Waals surface area contributed by atoms with E-state index in [-0.39, 0.29) is 23.8 Å². The lowest BCUT2D eigenvalue weighted by Gasteiger charge is -2.19. The van der Waals surface area contributed by atoms with Crippen molar-refractivity contribution in [2.24, 2.45) is 0 Å². The zero-order valence-electron chi connectivity index (χ0n) is 18.4. The van der Waals surface area contributed by atoms with Gasteiger partial charge in [0, 0.05) is 37.6 Å². The van der Waals surface area contributed by atoms with Crippen molar-refractivity contribution in [3.63, 3.8) is 0 Å². The Labute approximate surface area is 190 Å². The summed E-state index contributed by atoms with van der Waals surface area (Å²) in [6.45, 7) is 3.18. The summed E-state index contributed by atoms with van der Waals surface area (Å²) in [7, 11) is 1.99. The predicted octanol–water partition coefficient (Wildman–Crippen LogP) is 5.28.